The fourth-order valence-corrected chi connectivity index (χ4v) is 4.91. The van der Waals surface area contributed by atoms with E-state index in [2.05, 4.69) is 22.0 Å². The summed E-state index contributed by atoms with van der Waals surface area (Å²) in [4.78, 5) is 4.95. The Morgan fingerprint density at radius 1 is 1.03 bits per heavy atom. The number of nitriles is 1. The van der Waals surface area contributed by atoms with Gasteiger partial charge in [0.2, 0.25) is 0 Å². The zero-order valence-corrected chi connectivity index (χ0v) is 19.5. The maximum atomic E-state index is 9.88. The average molecular weight is 500 g/mol. The molecule has 6 heteroatoms. The highest BCUT2D eigenvalue weighted by Gasteiger charge is 2.23. The molecule has 1 aliphatic carbocycles. The Hall–Kier alpha value is -2.00. The Morgan fingerprint density at radius 3 is 2.43 bits per heavy atom. The van der Waals surface area contributed by atoms with Crippen molar-refractivity contribution < 1.29 is 4.74 Å². The summed E-state index contributed by atoms with van der Waals surface area (Å²) in [6, 6.07) is 18.0. The van der Waals surface area contributed by atoms with Crippen molar-refractivity contribution in [1.82, 2.24) is 4.98 Å². The second-order valence-electron chi connectivity index (χ2n) is 7.07. The van der Waals surface area contributed by atoms with Gasteiger partial charge in [0.15, 0.2) is 0 Å². The number of fused-ring (bicyclic) bond motifs is 1. The molecule has 0 aliphatic heterocycles. The minimum atomic E-state index is 0.548. The highest BCUT2D eigenvalue weighted by atomic mass is 79.9. The van der Waals surface area contributed by atoms with Crippen molar-refractivity contribution in [3.05, 3.63) is 74.7 Å². The quantitative estimate of drug-likeness (QED) is 0.268. The largest absolute Gasteiger partial charge is 0.493 e. The Bertz CT molecular complexity index is 1080. The van der Waals surface area contributed by atoms with E-state index in [-0.39, 0.29) is 0 Å². The van der Waals surface area contributed by atoms with Gasteiger partial charge in [0.05, 0.1) is 17.9 Å². The van der Waals surface area contributed by atoms with Crippen LogP contribution < -0.4 is 4.74 Å². The third-order valence-electron chi connectivity index (χ3n) is 5.12. The summed E-state index contributed by atoms with van der Waals surface area (Å²) >= 11 is 11.1. The monoisotopic (exact) mass is 498 g/mol. The van der Waals surface area contributed by atoms with Crippen molar-refractivity contribution in [2.24, 2.45) is 0 Å². The summed E-state index contributed by atoms with van der Waals surface area (Å²) in [6.45, 7) is 0.548. The summed E-state index contributed by atoms with van der Waals surface area (Å²) in [7, 11) is 0. The van der Waals surface area contributed by atoms with Crippen LogP contribution in [0.1, 0.15) is 29.5 Å². The van der Waals surface area contributed by atoms with Crippen LogP contribution in [0.3, 0.4) is 0 Å². The van der Waals surface area contributed by atoms with Crippen molar-refractivity contribution in [3.8, 4) is 23.1 Å². The van der Waals surface area contributed by atoms with Crippen LogP contribution in [0.4, 0.5) is 0 Å². The average Bonchev–Trinajstić information content (AvgIpc) is 2.78. The van der Waals surface area contributed by atoms with E-state index < -0.39 is 0 Å². The molecule has 3 aromatic rings. The summed E-state index contributed by atoms with van der Waals surface area (Å²) in [6.07, 6.45) is 4.15. The number of pyridine rings is 1. The number of hydrogen-bond donors (Lipinski definition) is 0. The summed E-state index contributed by atoms with van der Waals surface area (Å²) in [5.74, 6) is 1.55. The number of nitrogens with zero attached hydrogens (tertiary/aromatic N) is 2. The summed E-state index contributed by atoms with van der Waals surface area (Å²) in [5, 5.41) is 11.4. The lowest BCUT2D eigenvalue weighted by Gasteiger charge is -2.22. The predicted octanol–water partition coefficient (Wildman–Crippen LogP) is 7.09. The van der Waals surface area contributed by atoms with Gasteiger partial charge in [-0.1, -0.05) is 39.7 Å². The molecule has 0 saturated heterocycles. The lowest BCUT2D eigenvalue weighted by Crippen LogP contribution is -2.11. The molecule has 0 atom stereocenters. The maximum absolute atomic E-state index is 9.88. The first-order valence-electron chi connectivity index (χ1n) is 9.88. The van der Waals surface area contributed by atoms with Crippen LogP contribution in [0, 0.1) is 11.3 Å². The molecule has 30 heavy (non-hydrogen) atoms. The third kappa shape index (κ3) is 4.83. The molecule has 152 valence electrons. The second-order valence-corrected chi connectivity index (χ2v) is 9.51. The number of halogens is 2. The van der Waals surface area contributed by atoms with Crippen LogP contribution in [0.15, 0.2) is 58.0 Å². The number of ether oxygens (including phenoxy) is 1. The molecule has 0 bridgehead atoms. The molecule has 3 nitrogen and oxygen atoms in total. The van der Waals surface area contributed by atoms with E-state index in [1.807, 2.05) is 48.5 Å². The first kappa shape index (κ1) is 21.2. The fraction of sp³-hybridized carbons (Fsp3) is 0.250. The molecule has 0 radical (unpaired) electrons. The minimum absolute atomic E-state index is 0.548. The topological polar surface area (TPSA) is 45.9 Å². The van der Waals surface area contributed by atoms with Crippen LogP contribution in [-0.4, -0.2) is 17.3 Å². The van der Waals surface area contributed by atoms with E-state index in [0.717, 1.165) is 63.5 Å². The molecule has 0 saturated carbocycles. The highest BCUT2D eigenvalue weighted by Crippen LogP contribution is 2.36. The Balaban J connectivity index is 1.58. The van der Waals surface area contributed by atoms with Crippen LogP contribution in [-0.2, 0) is 12.8 Å². The van der Waals surface area contributed by atoms with E-state index in [0.29, 0.717) is 11.6 Å². The molecular weight excluding hydrogens is 480 g/mol. The molecule has 1 aromatic heterocycles. The fourth-order valence-electron chi connectivity index (χ4n) is 3.69. The van der Waals surface area contributed by atoms with Gasteiger partial charge in [0.1, 0.15) is 16.8 Å². The molecular formula is C24H20BrClN2OS. The van der Waals surface area contributed by atoms with Crippen molar-refractivity contribution in [2.75, 3.05) is 12.4 Å². The number of hydrogen-bond acceptors (Lipinski definition) is 4. The van der Waals surface area contributed by atoms with Gasteiger partial charge in [-0.05, 0) is 73.2 Å². The van der Waals surface area contributed by atoms with Crippen molar-refractivity contribution in [1.29, 1.82) is 5.26 Å². The van der Waals surface area contributed by atoms with E-state index in [4.69, 9.17) is 21.3 Å². The van der Waals surface area contributed by atoms with Gasteiger partial charge >= 0.3 is 0 Å². The number of benzene rings is 2. The Kier molecular flexibility index (Phi) is 6.99. The van der Waals surface area contributed by atoms with Crippen LogP contribution >= 0.6 is 39.3 Å². The molecule has 0 amide bonds. The normalized spacial score (nSPS) is 12.8. The molecule has 1 aliphatic rings. The van der Waals surface area contributed by atoms with E-state index in [1.54, 1.807) is 11.8 Å². The summed E-state index contributed by atoms with van der Waals surface area (Å²) < 4.78 is 6.85. The van der Waals surface area contributed by atoms with Gasteiger partial charge < -0.3 is 4.74 Å². The van der Waals surface area contributed by atoms with Crippen LogP contribution in [0.5, 0.6) is 5.75 Å². The molecule has 0 unspecified atom stereocenters. The Morgan fingerprint density at radius 2 is 1.73 bits per heavy atom. The van der Waals surface area contributed by atoms with Crippen molar-refractivity contribution >= 4 is 39.3 Å². The maximum Gasteiger partial charge on any atom is 0.119 e. The molecule has 0 fully saturated rings. The highest BCUT2D eigenvalue weighted by molar-refractivity contribution is 9.10. The molecule has 2 aromatic carbocycles. The van der Waals surface area contributed by atoms with Gasteiger partial charge in [-0.25, -0.2) is 4.98 Å². The molecule has 1 heterocycles. The summed E-state index contributed by atoms with van der Waals surface area (Å²) in [5.41, 5.74) is 5.15. The standard InChI is InChI=1S/C24H20BrClN2OS/c25-17-7-11-19(12-8-17)29-13-14-30-24-22(15-27)20-3-1-2-4-21(20)23(28-24)16-5-9-18(26)10-6-16/h5-12H,1-4,13-14H2. The smallest absolute Gasteiger partial charge is 0.119 e. The number of rotatable bonds is 6. The van der Waals surface area contributed by atoms with Crippen LogP contribution in [0.2, 0.25) is 5.02 Å². The van der Waals surface area contributed by atoms with Gasteiger partial charge in [0, 0.05) is 20.8 Å². The van der Waals surface area contributed by atoms with Crippen LogP contribution in [0.25, 0.3) is 11.3 Å². The zero-order valence-electron chi connectivity index (χ0n) is 16.3. The lowest BCUT2D eigenvalue weighted by atomic mass is 9.86. The van der Waals surface area contributed by atoms with Gasteiger partial charge in [-0.15, -0.1) is 11.8 Å². The minimum Gasteiger partial charge on any atom is -0.493 e. The number of thioether (sulfide) groups is 1. The molecule has 0 spiro atoms. The Labute approximate surface area is 194 Å². The first-order chi connectivity index (χ1) is 14.7. The SMILES string of the molecule is N#Cc1c(SCCOc2ccc(Br)cc2)nc(-c2ccc(Cl)cc2)c2c1CCCC2. The molecule has 4 rings (SSSR count). The van der Waals surface area contributed by atoms with Crippen molar-refractivity contribution in [2.45, 2.75) is 30.7 Å². The molecule has 0 N–H and O–H groups in total. The van der Waals surface area contributed by atoms with E-state index in [1.165, 1.54) is 11.1 Å². The zero-order chi connectivity index (χ0) is 20.9. The predicted molar refractivity (Wildman–Crippen MR) is 126 cm³/mol. The number of aromatic nitrogens is 1. The van der Waals surface area contributed by atoms with Crippen molar-refractivity contribution in [3.63, 3.8) is 0 Å². The van der Waals surface area contributed by atoms with Gasteiger partial charge in [0.25, 0.3) is 0 Å². The lowest BCUT2D eigenvalue weighted by molar-refractivity contribution is 0.344. The first-order valence-corrected chi connectivity index (χ1v) is 12.0. The van der Waals surface area contributed by atoms with Gasteiger partial charge in [-0.3, -0.25) is 0 Å². The van der Waals surface area contributed by atoms with E-state index in [9.17, 15) is 5.26 Å². The third-order valence-corrected chi connectivity index (χ3v) is 6.84. The van der Waals surface area contributed by atoms with Gasteiger partial charge in [-0.2, -0.15) is 5.26 Å². The van der Waals surface area contributed by atoms with E-state index >= 15 is 0 Å². The second kappa shape index (κ2) is 9.87.